The van der Waals surface area contributed by atoms with E-state index in [0.717, 1.165) is 71.2 Å². The average molecular weight is 607 g/mol. The number of anilines is 1. The van der Waals surface area contributed by atoms with Crippen LogP contribution in [0.2, 0.25) is 10.0 Å². The fourth-order valence-corrected chi connectivity index (χ4v) is 7.00. The molecule has 3 aromatic carbocycles. The first-order valence-electron chi connectivity index (χ1n) is 13.5. The highest BCUT2D eigenvalue weighted by atomic mass is 35.5. The van der Waals surface area contributed by atoms with Crippen LogP contribution >= 0.6 is 34.5 Å². The minimum atomic E-state index is -0.929. The summed E-state index contributed by atoms with van der Waals surface area (Å²) in [6.45, 7) is 1.96. The number of nitrogens with zero attached hydrogens (tertiary/aromatic N) is 3. The molecule has 1 N–H and O–H groups in total. The number of benzene rings is 3. The van der Waals surface area contributed by atoms with E-state index in [1.807, 2.05) is 12.1 Å². The quantitative estimate of drug-likeness (QED) is 0.201. The number of carboxylic acid groups (broad SMARTS) is 1. The molecule has 1 saturated carbocycles. The van der Waals surface area contributed by atoms with Crippen LogP contribution in [0.5, 0.6) is 5.75 Å². The maximum atomic E-state index is 11.4. The molecule has 0 radical (unpaired) electrons. The van der Waals surface area contributed by atoms with Gasteiger partial charge in [0.1, 0.15) is 23.8 Å². The van der Waals surface area contributed by atoms with Gasteiger partial charge in [-0.2, -0.15) is 0 Å². The Kier molecular flexibility index (Phi) is 6.85. The Morgan fingerprint density at radius 3 is 2.59 bits per heavy atom. The largest absolute Gasteiger partial charge is 0.489 e. The Balaban J connectivity index is 1.09. The highest BCUT2D eigenvalue weighted by molar-refractivity contribution is 7.22. The van der Waals surface area contributed by atoms with Crippen molar-refractivity contribution in [3.63, 3.8) is 0 Å². The van der Waals surface area contributed by atoms with E-state index in [-0.39, 0.29) is 5.56 Å². The van der Waals surface area contributed by atoms with E-state index in [9.17, 15) is 9.90 Å². The van der Waals surface area contributed by atoms with E-state index in [0.29, 0.717) is 33.8 Å². The molecule has 0 saturated heterocycles. The van der Waals surface area contributed by atoms with Crippen molar-refractivity contribution >= 4 is 55.9 Å². The number of carboxylic acids is 1. The summed E-state index contributed by atoms with van der Waals surface area (Å²) in [5, 5.41) is 15.7. The molecule has 2 aromatic heterocycles. The Hall–Kier alpha value is -3.59. The van der Waals surface area contributed by atoms with Gasteiger partial charge in [-0.15, -0.1) is 0 Å². The Morgan fingerprint density at radius 1 is 1.05 bits per heavy atom. The van der Waals surface area contributed by atoms with Gasteiger partial charge in [-0.1, -0.05) is 51.8 Å². The van der Waals surface area contributed by atoms with Gasteiger partial charge in [0.15, 0.2) is 5.13 Å². The van der Waals surface area contributed by atoms with Gasteiger partial charge in [0, 0.05) is 24.6 Å². The van der Waals surface area contributed by atoms with Crippen molar-refractivity contribution in [3.05, 3.63) is 92.7 Å². The fourth-order valence-electron chi connectivity index (χ4n) is 5.37. The highest BCUT2D eigenvalue weighted by Crippen LogP contribution is 2.46. The van der Waals surface area contributed by atoms with E-state index in [1.54, 1.807) is 30.3 Å². The van der Waals surface area contributed by atoms with Crippen LogP contribution in [0.4, 0.5) is 5.13 Å². The Labute approximate surface area is 250 Å². The SMILES string of the molecule is O=C(O)c1ccc2nc(N3CCc4ccc(OCc5c(-c6c(Cl)cccc6Cl)noc5C5CC5)cc4CC3)sc2c1. The van der Waals surface area contributed by atoms with E-state index >= 15 is 0 Å². The normalized spacial score (nSPS) is 15.1. The number of fused-ring (bicyclic) bond motifs is 2. The molecular weight excluding hydrogens is 581 g/mol. The van der Waals surface area contributed by atoms with Gasteiger partial charge >= 0.3 is 5.97 Å². The van der Waals surface area contributed by atoms with Gasteiger partial charge in [-0.05, 0) is 79.3 Å². The molecule has 208 valence electrons. The summed E-state index contributed by atoms with van der Waals surface area (Å²) in [5.41, 5.74) is 5.85. The summed E-state index contributed by atoms with van der Waals surface area (Å²) in [6, 6.07) is 16.8. The molecule has 0 amide bonds. The second-order valence-corrected chi connectivity index (χ2v) is 12.3. The van der Waals surface area contributed by atoms with Gasteiger partial charge < -0.3 is 19.3 Å². The number of hydrogen-bond acceptors (Lipinski definition) is 7. The van der Waals surface area contributed by atoms with Crippen molar-refractivity contribution in [3.8, 4) is 17.0 Å². The van der Waals surface area contributed by atoms with Gasteiger partial charge in [-0.25, -0.2) is 9.78 Å². The lowest BCUT2D eigenvalue weighted by Gasteiger charge is -2.18. The molecule has 7 nitrogen and oxygen atoms in total. The van der Waals surface area contributed by atoms with Crippen molar-refractivity contribution in [2.45, 2.75) is 38.2 Å². The zero-order chi connectivity index (χ0) is 28.1. The van der Waals surface area contributed by atoms with Crippen molar-refractivity contribution in [1.82, 2.24) is 10.1 Å². The zero-order valence-corrected chi connectivity index (χ0v) is 24.2. The number of halogens is 2. The van der Waals surface area contributed by atoms with E-state index in [2.05, 4.69) is 22.2 Å². The molecular formula is C31H25Cl2N3O4S. The predicted molar refractivity (Wildman–Crippen MR) is 161 cm³/mol. The van der Waals surface area contributed by atoms with E-state index in [1.165, 1.54) is 22.5 Å². The van der Waals surface area contributed by atoms with Crippen molar-refractivity contribution < 1.29 is 19.2 Å². The maximum Gasteiger partial charge on any atom is 0.335 e. The fraction of sp³-hybridized carbons (Fsp3) is 0.258. The summed E-state index contributed by atoms with van der Waals surface area (Å²) >= 11 is 14.6. The van der Waals surface area contributed by atoms with Gasteiger partial charge in [0.05, 0.1) is 31.4 Å². The van der Waals surface area contributed by atoms with Crippen LogP contribution in [-0.4, -0.2) is 34.3 Å². The number of rotatable bonds is 7. The van der Waals surface area contributed by atoms with Crippen LogP contribution < -0.4 is 9.64 Å². The summed E-state index contributed by atoms with van der Waals surface area (Å²) in [4.78, 5) is 18.4. The summed E-state index contributed by atoms with van der Waals surface area (Å²) < 4.78 is 13.0. The number of thiazole rings is 1. The van der Waals surface area contributed by atoms with Gasteiger partial charge in [0.25, 0.3) is 0 Å². The van der Waals surface area contributed by atoms with Gasteiger partial charge in [-0.3, -0.25) is 0 Å². The zero-order valence-electron chi connectivity index (χ0n) is 21.9. The summed E-state index contributed by atoms with van der Waals surface area (Å²) in [7, 11) is 0. The molecule has 3 heterocycles. The number of aromatic nitrogens is 2. The number of aromatic carboxylic acids is 1. The maximum absolute atomic E-state index is 11.4. The molecule has 2 aliphatic rings. The lowest BCUT2D eigenvalue weighted by atomic mass is 10.0. The highest BCUT2D eigenvalue weighted by Gasteiger charge is 2.33. The molecule has 0 unspecified atom stereocenters. The molecule has 5 aromatic rings. The molecule has 7 rings (SSSR count). The lowest BCUT2D eigenvalue weighted by molar-refractivity contribution is 0.0697. The topological polar surface area (TPSA) is 88.7 Å². The third-order valence-electron chi connectivity index (χ3n) is 7.72. The molecule has 1 aliphatic heterocycles. The molecule has 0 atom stereocenters. The number of hydrogen-bond donors (Lipinski definition) is 1. The number of ether oxygens (including phenoxy) is 1. The van der Waals surface area contributed by atoms with E-state index in [4.69, 9.17) is 37.4 Å². The van der Waals surface area contributed by atoms with Crippen LogP contribution in [0, 0.1) is 0 Å². The minimum absolute atomic E-state index is 0.279. The van der Waals surface area contributed by atoms with E-state index < -0.39 is 5.97 Å². The molecule has 10 heteroatoms. The molecule has 1 aliphatic carbocycles. The third-order valence-corrected chi connectivity index (χ3v) is 9.43. The first kappa shape index (κ1) is 26.3. The predicted octanol–water partition coefficient (Wildman–Crippen LogP) is 8.02. The standard InChI is InChI=1S/C31H25Cl2N3O4S/c32-23-2-1-3-24(33)27(23)28-22(29(40-35-28)18-4-5-18)16-39-21-8-6-17-10-12-36(13-11-19(17)14-21)31-34-25-9-7-20(30(37)38)15-26(25)41-31/h1-3,6-9,14-15,18H,4-5,10-13,16H2,(H,37,38). The average Bonchev–Trinajstić information content (AvgIpc) is 3.64. The summed E-state index contributed by atoms with van der Waals surface area (Å²) in [6.07, 6.45) is 3.88. The number of carbonyl (C=O) groups is 1. The second-order valence-electron chi connectivity index (χ2n) is 10.4. The molecule has 0 spiro atoms. The van der Waals surface area contributed by atoms with Crippen LogP contribution in [0.15, 0.2) is 59.1 Å². The minimum Gasteiger partial charge on any atom is -0.489 e. The second kappa shape index (κ2) is 10.7. The van der Waals surface area contributed by atoms with Crippen molar-refractivity contribution in [1.29, 1.82) is 0 Å². The smallest absolute Gasteiger partial charge is 0.335 e. The van der Waals surface area contributed by atoms with Crippen molar-refractivity contribution in [2.75, 3.05) is 18.0 Å². The van der Waals surface area contributed by atoms with Crippen molar-refractivity contribution in [2.24, 2.45) is 0 Å². The van der Waals surface area contributed by atoms with Crippen LogP contribution in [0.3, 0.4) is 0 Å². The molecule has 1 fully saturated rings. The van der Waals surface area contributed by atoms with Crippen LogP contribution in [-0.2, 0) is 19.4 Å². The van der Waals surface area contributed by atoms with Crippen LogP contribution in [0.25, 0.3) is 21.5 Å². The monoisotopic (exact) mass is 605 g/mol. The van der Waals surface area contributed by atoms with Crippen LogP contribution in [0.1, 0.15) is 51.6 Å². The Morgan fingerprint density at radius 2 is 1.83 bits per heavy atom. The van der Waals surface area contributed by atoms with Gasteiger partial charge in [0.2, 0.25) is 0 Å². The first-order chi connectivity index (χ1) is 19.9. The third kappa shape index (κ3) is 5.16. The Bertz CT molecular complexity index is 1780. The summed E-state index contributed by atoms with van der Waals surface area (Å²) in [5.74, 6) is 1.07. The lowest BCUT2D eigenvalue weighted by Crippen LogP contribution is -2.25. The first-order valence-corrected chi connectivity index (χ1v) is 15.1. The molecule has 0 bridgehead atoms. The molecule has 41 heavy (non-hydrogen) atoms.